The molecule has 0 aromatic heterocycles. The van der Waals surface area contributed by atoms with Gasteiger partial charge in [-0.15, -0.1) is 13.2 Å². The van der Waals surface area contributed by atoms with Crippen LogP contribution in [0.25, 0.3) is 0 Å². The molecule has 3 saturated carbocycles. The van der Waals surface area contributed by atoms with E-state index in [2.05, 4.69) is 25.3 Å². The maximum atomic E-state index is 13.1. The smallest absolute Gasteiger partial charge is 0.312 e. The zero-order chi connectivity index (χ0) is 25.4. The number of likely N-dealkylation sites (tertiary alicyclic amines) is 1. The Balaban J connectivity index is 1.23. The van der Waals surface area contributed by atoms with Gasteiger partial charge in [-0.3, -0.25) is 19.3 Å². The SMILES string of the molecule is C=CC1CC(/C=C\C2CC(C=C)C(CN3C(=O)C4CCCCC4C3=O)C2)C(C)(C(=O)OCC2CO2)C1. The van der Waals surface area contributed by atoms with Crippen molar-refractivity contribution in [1.82, 2.24) is 4.90 Å². The fraction of sp³-hybridized carbons (Fsp3) is 0.700. The lowest BCUT2D eigenvalue weighted by molar-refractivity contribution is -0.156. The molecular formula is C30H41NO5. The number of amides is 2. The molecule has 36 heavy (non-hydrogen) atoms. The quantitative estimate of drug-likeness (QED) is 0.200. The molecular weight excluding hydrogens is 454 g/mol. The molecule has 0 N–H and O–H groups in total. The van der Waals surface area contributed by atoms with Crippen LogP contribution in [0.1, 0.15) is 58.3 Å². The first-order valence-electron chi connectivity index (χ1n) is 13.9. The lowest BCUT2D eigenvalue weighted by atomic mass is 9.79. The van der Waals surface area contributed by atoms with E-state index in [0.29, 0.717) is 31.6 Å². The van der Waals surface area contributed by atoms with Crippen molar-refractivity contribution < 1.29 is 23.9 Å². The van der Waals surface area contributed by atoms with Crippen molar-refractivity contribution in [2.45, 2.75) is 64.4 Å². The van der Waals surface area contributed by atoms with Gasteiger partial charge in [-0.05, 0) is 75.0 Å². The summed E-state index contributed by atoms with van der Waals surface area (Å²) in [5, 5.41) is 0. The van der Waals surface area contributed by atoms with Crippen LogP contribution < -0.4 is 0 Å². The Hall–Kier alpha value is -2.21. The fourth-order valence-electron chi connectivity index (χ4n) is 7.36. The lowest BCUT2D eigenvalue weighted by Crippen LogP contribution is -2.36. The van der Waals surface area contributed by atoms with Gasteiger partial charge in [0.05, 0.1) is 23.9 Å². The van der Waals surface area contributed by atoms with Crippen LogP contribution in [0.2, 0.25) is 0 Å². The molecule has 0 bridgehead atoms. The Kier molecular flexibility index (Phi) is 7.26. The number of epoxide rings is 1. The number of esters is 1. The maximum Gasteiger partial charge on any atom is 0.312 e. The van der Waals surface area contributed by atoms with Crippen molar-refractivity contribution in [2.24, 2.45) is 46.8 Å². The number of hydrogen-bond acceptors (Lipinski definition) is 5. The van der Waals surface area contributed by atoms with E-state index < -0.39 is 5.41 Å². The summed E-state index contributed by atoms with van der Waals surface area (Å²) in [6.45, 7) is 11.6. The van der Waals surface area contributed by atoms with Crippen LogP contribution >= 0.6 is 0 Å². The second-order valence-corrected chi connectivity index (χ2v) is 12.1. The number of ether oxygens (including phenoxy) is 2. The summed E-state index contributed by atoms with van der Waals surface area (Å²) in [4.78, 5) is 40.7. The van der Waals surface area contributed by atoms with Crippen molar-refractivity contribution in [2.75, 3.05) is 19.8 Å². The Morgan fingerprint density at radius 3 is 2.36 bits per heavy atom. The minimum absolute atomic E-state index is 0.0544. The lowest BCUT2D eigenvalue weighted by Gasteiger charge is -2.27. The third-order valence-electron chi connectivity index (χ3n) is 9.72. The van der Waals surface area contributed by atoms with Crippen molar-refractivity contribution >= 4 is 17.8 Å². The number of hydrogen-bond donors (Lipinski definition) is 0. The van der Waals surface area contributed by atoms with Crippen molar-refractivity contribution in [3.05, 3.63) is 37.5 Å². The standard InChI is InChI=1S/C30H41NO5/c1-4-19-14-23(30(3,15-19)29(34)36-18-24-17-35-24)11-10-20-12-21(5-2)22(13-20)16-31-27(32)25-8-6-7-9-26(25)28(31)33/h4-5,10-11,19-26H,1-2,6-9,12-18H2,3H3/b11-10-. The molecule has 196 valence electrons. The second kappa shape index (κ2) is 10.3. The normalized spacial score (nSPS) is 42.1. The molecule has 0 aromatic rings. The predicted molar refractivity (Wildman–Crippen MR) is 136 cm³/mol. The van der Waals surface area contributed by atoms with Gasteiger partial charge < -0.3 is 9.47 Å². The Bertz CT molecular complexity index is 914. The van der Waals surface area contributed by atoms with Gasteiger partial charge in [-0.25, -0.2) is 0 Å². The number of carbonyl (C=O) groups excluding carboxylic acids is 3. The zero-order valence-corrected chi connectivity index (χ0v) is 21.6. The minimum Gasteiger partial charge on any atom is -0.462 e. The highest BCUT2D eigenvalue weighted by molar-refractivity contribution is 6.05. The van der Waals surface area contributed by atoms with Gasteiger partial charge in [0.1, 0.15) is 12.7 Å². The summed E-state index contributed by atoms with van der Waals surface area (Å²) in [5.74, 6) is 1.05. The highest BCUT2D eigenvalue weighted by Gasteiger charge is 2.50. The Morgan fingerprint density at radius 2 is 1.75 bits per heavy atom. The second-order valence-electron chi connectivity index (χ2n) is 12.1. The van der Waals surface area contributed by atoms with E-state index in [1.807, 2.05) is 19.1 Å². The summed E-state index contributed by atoms with van der Waals surface area (Å²) >= 11 is 0. The first kappa shape index (κ1) is 25.4. The molecule has 5 aliphatic rings. The first-order valence-corrected chi connectivity index (χ1v) is 13.9. The molecule has 2 amide bonds. The van der Waals surface area contributed by atoms with Gasteiger partial charge in [0, 0.05) is 6.54 Å². The minimum atomic E-state index is -0.565. The summed E-state index contributed by atoms with van der Waals surface area (Å²) < 4.78 is 10.8. The number of carbonyl (C=O) groups is 3. The van der Waals surface area contributed by atoms with Crippen LogP contribution in [0.5, 0.6) is 0 Å². The van der Waals surface area contributed by atoms with Crippen LogP contribution in [-0.2, 0) is 23.9 Å². The van der Waals surface area contributed by atoms with E-state index in [4.69, 9.17) is 9.47 Å². The van der Waals surface area contributed by atoms with Gasteiger partial charge in [0.2, 0.25) is 11.8 Å². The van der Waals surface area contributed by atoms with Gasteiger partial charge in [-0.2, -0.15) is 0 Å². The molecule has 0 aromatic carbocycles. The number of allylic oxidation sites excluding steroid dienone is 4. The largest absolute Gasteiger partial charge is 0.462 e. The van der Waals surface area contributed by atoms with E-state index in [9.17, 15) is 14.4 Å². The summed E-state index contributed by atoms with van der Waals surface area (Å²) in [6, 6.07) is 0. The van der Waals surface area contributed by atoms with Crippen LogP contribution in [0.3, 0.4) is 0 Å². The predicted octanol–water partition coefficient (Wildman–Crippen LogP) is 4.71. The van der Waals surface area contributed by atoms with Crippen molar-refractivity contribution in [1.29, 1.82) is 0 Å². The number of nitrogens with zero attached hydrogens (tertiary/aromatic N) is 1. The van der Waals surface area contributed by atoms with E-state index in [-0.39, 0.29) is 53.5 Å². The van der Waals surface area contributed by atoms with E-state index >= 15 is 0 Å². The Labute approximate surface area is 215 Å². The van der Waals surface area contributed by atoms with Crippen LogP contribution in [0.4, 0.5) is 0 Å². The first-order chi connectivity index (χ1) is 17.3. The molecule has 2 heterocycles. The number of rotatable bonds is 9. The van der Waals surface area contributed by atoms with Gasteiger partial charge >= 0.3 is 5.97 Å². The average Bonchev–Trinajstić information content (AvgIpc) is 3.48. The molecule has 9 unspecified atom stereocenters. The molecule has 2 aliphatic heterocycles. The van der Waals surface area contributed by atoms with Gasteiger partial charge in [0.15, 0.2) is 0 Å². The summed E-state index contributed by atoms with van der Waals surface area (Å²) in [7, 11) is 0. The van der Waals surface area contributed by atoms with E-state index in [1.54, 1.807) is 4.90 Å². The van der Waals surface area contributed by atoms with Crippen molar-refractivity contribution in [3.63, 3.8) is 0 Å². The molecule has 2 saturated heterocycles. The summed E-state index contributed by atoms with van der Waals surface area (Å²) in [5.41, 5.74) is -0.565. The third kappa shape index (κ3) is 4.85. The van der Waals surface area contributed by atoms with Crippen LogP contribution in [0.15, 0.2) is 37.5 Å². The van der Waals surface area contributed by atoms with Crippen molar-refractivity contribution in [3.8, 4) is 0 Å². The van der Waals surface area contributed by atoms with E-state index in [0.717, 1.165) is 51.4 Å². The zero-order valence-electron chi connectivity index (χ0n) is 21.6. The van der Waals surface area contributed by atoms with E-state index in [1.165, 1.54) is 0 Å². The van der Waals surface area contributed by atoms with Gasteiger partial charge in [0.25, 0.3) is 0 Å². The maximum absolute atomic E-state index is 13.1. The molecule has 3 aliphatic carbocycles. The molecule has 9 atom stereocenters. The highest BCUT2D eigenvalue weighted by Crippen LogP contribution is 2.49. The van der Waals surface area contributed by atoms with Crippen LogP contribution in [-0.4, -0.2) is 48.5 Å². The van der Waals surface area contributed by atoms with Crippen LogP contribution in [0, 0.1) is 46.8 Å². The third-order valence-corrected chi connectivity index (χ3v) is 9.72. The Morgan fingerprint density at radius 1 is 1.06 bits per heavy atom. The number of fused-ring (bicyclic) bond motifs is 1. The molecule has 5 fully saturated rings. The number of imide groups is 1. The van der Waals surface area contributed by atoms with Gasteiger partial charge in [-0.1, -0.05) is 37.1 Å². The molecule has 0 spiro atoms. The topological polar surface area (TPSA) is 76.2 Å². The summed E-state index contributed by atoms with van der Waals surface area (Å²) in [6.07, 6.45) is 15.9. The molecule has 6 heteroatoms. The average molecular weight is 496 g/mol. The molecule has 5 rings (SSSR count). The monoisotopic (exact) mass is 495 g/mol. The molecule has 6 nitrogen and oxygen atoms in total. The molecule has 0 radical (unpaired) electrons. The fourth-order valence-corrected chi connectivity index (χ4v) is 7.36. The highest BCUT2D eigenvalue weighted by atomic mass is 16.6.